The summed E-state index contributed by atoms with van der Waals surface area (Å²) < 4.78 is 21.3. The second kappa shape index (κ2) is 5.73. The molecule has 0 saturated carbocycles. The molecule has 0 radical (unpaired) electrons. The summed E-state index contributed by atoms with van der Waals surface area (Å²) in [5.74, 6) is 2.37. The molecule has 5 heteroatoms. The Hall–Kier alpha value is -1.72. The summed E-state index contributed by atoms with van der Waals surface area (Å²) in [5.41, 5.74) is 1.17. The number of hydrogen-bond acceptors (Lipinski definition) is 5. The largest absolute Gasteiger partial charge is 0.501 e. The van der Waals surface area contributed by atoms with Crippen LogP contribution in [0.2, 0.25) is 0 Å². The van der Waals surface area contributed by atoms with Gasteiger partial charge in [0.2, 0.25) is 6.79 Å². The minimum atomic E-state index is -0.875. The number of aryl methyl sites for hydroxylation is 1. The molecule has 2 atom stereocenters. The molecule has 0 spiro atoms. The molecule has 2 aliphatic rings. The van der Waals surface area contributed by atoms with E-state index in [-0.39, 0.29) is 6.10 Å². The number of benzene rings is 1. The van der Waals surface area contributed by atoms with Crippen molar-refractivity contribution in [3.8, 4) is 11.5 Å². The van der Waals surface area contributed by atoms with Crippen LogP contribution in [0.4, 0.5) is 0 Å². The zero-order chi connectivity index (χ0) is 13.9. The average Bonchev–Trinajstić information content (AvgIpc) is 2.92. The highest BCUT2D eigenvalue weighted by Crippen LogP contribution is 2.33. The Balaban J connectivity index is 1.58. The van der Waals surface area contributed by atoms with E-state index in [1.165, 1.54) is 5.56 Å². The lowest BCUT2D eigenvalue weighted by atomic mass is 10.0. The normalized spacial score (nSPS) is 24.4. The highest BCUT2D eigenvalue weighted by molar-refractivity contribution is 5.44. The number of methoxy groups -OCH3 is 1. The summed E-state index contributed by atoms with van der Waals surface area (Å²) >= 11 is 0. The van der Waals surface area contributed by atoms with Gasteiger partial charge in [0.1, 0.15) is 0 Å². The van der Waals surface area contributed by atoms with Crippen molar-refractivity contribution in [2.75, 3.05) is 13.9 Å². The van der Waals surface area contributed by atoms with E-state index in [0.29, 0.717) is 13.2 Å². The monoisotopic (exact) mass is 278 g/mol. The Morgan fingerprint density at radius 1 is 1.30 bits per heavy atom. The van der Waals surface area contributed by atoms with Gasteiger partial charge in [0.25, 0.3) is 0 Å². The lowest BCUT2D eigenvalue weighted by Crippen LogP contribution is -2.27. The van der Waals surface area contributed by atoms with E-state index in [1.807, 2.05) is 18.2 Å². The van der Waals surface area contributed by atoms with Crippen molar-refractivity contribution in [1.29, 1.82) is 0 Å². The zero-order valence-corrected chi connectivity index (χ0v) is 11.4. The molecular formula is C15H18O5. The molecular weight excluding hydrogens is 260 g/mol. The predicted molar refractivity (Wildman–Crippen MR) is 71.5 cm³/mol. The van der Waals surface area contributed by atoms with Crippen LogP contribution in [0.5, 0.6) is 11.5 Å². The third-order valence-corrected chi connectivity index (χ3v) is 3.54. The van der Waals surface area contributed by atoms with Crippen LogP contribution in [-0.2, 0) is 15.9 Å². The molecule has 1 aromatic rings. The fraction of sp³-hybridized carbons (Fsp3) is 0.467. The first-order valence-electron chi connectivity index (χ1n) is 6.71. The van der Waals surface area contributed by atoms with Crippen LogP contribution in [0, 0.1) is 0 Å². The molecule has 0 aromatic heterocycles. The summed E-state index contributed by atoms with van der Waals surface area (Å²) in [4.78, 5) is 0. The van der Waals surface area contributed by atoms with Crippen molar-refractivity contribution in [1.82, 2.24) is 0 Å². The zero-order valence-electron chi connectivity index (χ0n) is 11.4. The Kier molecular flexibility index (Phi) is 3.80. The van der Waals surface area contributed by atoms with Crippen LogP contribution in [0.1, 0.15) is 18.4 Å². The second-order valence-electron chi connectivity index (χ2n) is 4.92. The van der Waals surface area contributed by atoms with E-state index < -0.39 is 6.29 Å². The number of rotatable bonds is 4. The van der Waals surface area contributed by atoms with Crippen LogP contribution >= 0.6 is 0 Å². The number of ether oxygens (including phenoxy) is 4. The molecule has 0 amide bonds. The molecule has 2 unspecified atom stereocenters. The predicted octanol–water partition coefficient (Wildman–Crippen LogP) is 1.99. The van der Waals surface area contributed by atoms with Gasteiger partial charge in [-0.05, 0) is 30.5 Å². The SMILES string of the molecule is COC1=CC(O)OC(CCc2ccc3c(c2)OCO3)C1. The Labute approximate surface area is 117 Å². The fourth-order valence-electron chi connectivity index (χ4n) is 2.48. The van der Waals surface area contributed by atoms with Gasteiger partial charge in [-0.2, -0.15) is 0 Å². The summed E-state index contributed by atoms with van der Waals surface area (Å²) in [5, 5.41) is 9.59. The molecule has 0 bridgehead atoms. The average molecular weight is 278 g/mol. The van der Waals surface area contributed by atoms with E-state index in [4.69, 9.17) is 18.9 Å². The number of hydrogen-bond donors (Lipinski definition) is 1. The topological polar surface area (TPSA) is 57.2 Å². The van der Waals surface area contributed by atoms with Gasteiger partial charge in [0.05, 0.1) is 19.0 Å². The summed E-state index contributed by atoms with van der Waals surface area (Å²) in [6.07, 6.45) is 3.05. The second-order valence-corrected chi connectivity index (χ2v) is 4.92. The smallest absolute Gasteiger partial charge is 0.231 e. The Morgan fingerprint density at radius 2 is 2.15 bits per heavy atom. The van der Waals surface area contributed by atoms with Crippen molar-refractivity contribution in [3.05, 3.63) is 35.6 Å². The standard InChI is InChI=1S/C15H18O5/c1-17-12-7-11(20-15(16)8-12)4-2-10-3-5-13-14(6-10)19-9-18-13/h3,5-6,8,11,15-16H,2,4,7,9H2,1H3. The minimum Gasteiger partial charge on any atom is -0.501 e. The van der Waals surface area contributed by atoms with E-state index >= 15 is 0 Å². The van der Waals surface area contributed by atoms with Crippen molar-refractivity contribution in [2.45, 2.75) is 31.7 Å². The third-order valence-electron chi connectivity index (χ3n) is 3.54. The summed E-state index contributed by atoms with van der Waals surface area (Å²) in [7, 11) is 1.61. The van der Waals surface area contributed by atoms with E-state index in [1.54, 1.807) is 13.2 Å². The van der Waals surface area contributed by atoms with Crippen LogP contribution in [0.15, 0.2) is 30.0 Å². The van der Waals surface area contributed by atoms with Crippen LogP contribution in [0.3, 0.4) is 0 Å². The molecule has 2 heterocycles. The molecule has 0 aliphatic carbocycles. The molecule has 0 fully saturated rings. The van der Waals surface area contributed by atoms with E-state index in [2.05, 4.69) is 0 Å². The van der Waals surface area contributed by atoms with Crippen molar-refractivity contribution >= 4 is 0 Å². The minimum absolute atomic E-state index is 0.0321. The first-order valence-corrected chi connectivity index (χ1v) is 6.71. The third kappa shape index (κ3) is 2.89. The van der Waals surface area contributed by atoms with Crippen molar-refractivity contribution in [3.63, 3.8) is 0 Å². The molecule has 20 heavy (non-hydrogen) atoms. The quantitative estimate of drug-likeness (QED) is 0.912. The molecule has 1 aromatic carbocycles. The maximum Gasteiger partial charge on any atom is 0.231 e. The van der Waals surface area contributed by atoms with Gasteiger partial charge in [-0.1, -0.05) is 6.07 Å². The van der Waals surface area contributed by atoms with Gasteiger partial charge >= 0.3 is 0 Å². The first kappa shape index (κ1) is 13.3. The van der Waals surface area contributed by atoms with Crippen LogP contribution in [-0.4, -0.2) is 31.4 Å². The lowest BCUT2D eigenvalue weighted by molar-refractivity contribution is -0.121. The van der Waals surface area contributed by atoms with E-state index in [0.717, 1.165) is 30.1 Å². The molecule has 0 saturated heterocycles. The molecule has 1 N–H and O–H groups in total. The maximum atomic E-state index is 9.59. The fourth-order valence-corrected chi connectivity index (χ4v) is 2.48. The highest BCUT2D eigenvalue weighted by atomic mass is 16.7. The first-order chi connectivity index (χ1) is 9.74. The Morgan fingerprint density at radius 3 is 3.00 bits per heavy atom. The van der Waals surface area contributed by atoms with Gasteiger partial charge in [-0.15, -0.1) is 0 Å². The van der Waals surface area contributed by atoms with Crippen LogP contribution < -0.4 is 9.47 Å². The van der Waals surface area contributed by atoms with Gasteiger partial charge in [-0.3, -0.25) is 0 Å². The van der Waals surface area contributed by atoms with Gasteiger partial charge < -0.3 is 24.1 Å². The number of aliphatic hydroxyl groups is 1. The molecule has 3 rings (SSSR count). The lowest BCUT2D eigenvalue weighted by Gasteiger charge is -2.26. The van der Waals surface area contributed by atoms with Crippen LogP contribution in [0.25, 0.3) is 0 Å². The Bertz CT molecular complexity index is 511. The van der Waals surface area contributed by atoms with E-state index in [9.17, 15) is 5.11 Å². The van der Waals surface area contributed by atoms with Crippen molar-refractivity contribution in [2.24, 2.45) is 0 Å². The number of fused-ring (bicyclic) bond motifs is 1. The molecule has 5 nitrogen and oxygen atoms in total. The molecule has 2 aliphatic heterocycles. The summed E-state index contributed by atoms with van der Waals surface area (Å²) in [6.45, 7) is 0.290. The molecule has 108 valence electrons. The van der Waals surface area contributed by atoms with Crippen molar-refractivity contribution < 1.29 is 24.1 Å². The van der Waals surface area contributed by atoms with Gasteiger partial charge in [-0.25, -0.2) is 0 Å². The number of aliphatic hydroxyl groups excluding tert-OH is 1. The van der Waals surface area contributed by atoms with Gasteiger partial charge in [0.15, 0.2) is 17.8 Å². The summed E-state index contributed by atoms with van der Waals surface area (Å²) in [6, 6.07) is 5.95. The van der Waals surface area contributed by atoms with Gasteiger partial charge in [0, 0.05) is 12.5 Å². The maximum absolute atomic E-state index is 9.59. The highest BCUT2D eigenvalue weighted by Gasteiger charge is 2.22.